The summed E-state index contributed by atoms with van der Waals surface area (Å²) < 4.78 is 1.87. The maximum atomic E-state index is 11.9. The summed E-state index contributed by atoms with van der Waals surface area (Å²) in [5, 5.41) is 6.35. The van der Waals surface area contributed by atoms with Crippen LogP contribution in [-0.2, 0) is 9.59 Å². The molecule has 6 heteroatoms. The first-order valence-electron chi connectivity index (χ1n) is 7.67. The summed E-state index contributed by atoms with van der Waals surface area (Å²) in [6.45, 7) is 0. The van der Waals surface area contributed by atoms with E-state index in [1.54, 1.807) is 6.07 Å². The van der Waals surface area contributed by atoms with Gasteiger partial charge in [-0.15, -0.1) is 0 Å². The van der Waals surface area contributed by atoms with Crippen LogP contribution in [0.15, 0.2) is 66.4 Å². The monoisotopic (exact) mass is 331 g/mol. The molecule has 1 aromatic heterocycles. The van der Waals surface area contributed by atoms with Gasteiger partial charge in [-0.2, -0.15) is 0 Å². The lowest BCUT2D eigenvalue weighted by molar-refractivity contribution is -0.123. The summed E-state index contributed by atoms with van der Waals surface area (Å²) in [4.78, 5) is 34.9. The van der Waals surface area contributed by atoms with Gasteiger partial charge in [-0.25, -0.2) is 4.79 Å². The molecule has 1 saturated heterocycles. The lowest BCUT2D eigenvalue weighted by atomic mass is 10.1. The number of hydrogen-bond donors (Lipinski definition) is 2. The fraction of sp³-hybridized carbons (Fsp3) is 0. The molecule has 2 heterocycles. The summed E-state index contributed by atoms with van der Waals surface area (Å²) in [6, 6.07) is 16.8. The molecule has 25 heavy (non-hydrogen) atoms. The van der Waals surface area contributed by atoms with Gasteiger partial charge >= 0.3 is 6.03 Å². The van der Waals surface area contributed by atoms with E-state index in [0.29, 0.717) is 5.69 Å². The fourth-order valence-electron chi connectivity index (χ4n) is 2.83. The predicted octanol–water partition coefficient (Wildman–Crippen LogP) is 2.38. The Morgan fingerprint density at radius 2 is 1.52 bits per heavy atom. The molecule has 0 radical (unpaired) electrons. The van der Waals surface area contributed by atoms with Gasteiger partial charge in [-0.1, -0.05) is 30.3 Å². The van der Waals surface area contributed by atoms with Gasteiger partial charge in [0, 0.05) is 17.6 Å². The Bertz CT molecular complexity index is 1040. The topological polar surface area (TPSA) is 80.2 Å². The highest BCUT2D eigenvalue weighted by Crippen LogP contribution is 2.21. The third-order valence-corrected chi connectivity index (χ3v) is 4.03. The molecule has 0 unspecified atom stereocenters. The number of carbonyl (C=O) groups is 3. The molecule has 1 aliphatic heterocycles. The molecule has 2 aromatic carbocycles. The number of imide groups is 2. The minimum Gasteiger partial charge on any atom is -0.317 e. The number of aromatic nitrogens is 1. The van der Waals surface area contributed by atoms with Crippen LogP contribution in [0.4, 0.5) is 4.79 Å². The zero-order chi connectivity index (χ0) is 17.4. The number of carbonyl (C=O) groups excluding carboxylic acids is 3. The molecule has 0 spiro atoms. The maximum absolute atomic E-state index is 11.9. The average Bonchev–Trinajstić information content (AvgIpc) is 3.06. The number of barbiturate groups is 1. The number of rotatable bonds is 2. The van der Waals surface area contributed by atoms with Crippen molar-refractivity contribution in [2.45, 2.75) is 0 Å². The minimum absolute atomic E-state index is 0.111. The van der Waals surface area contributed by atoms with Crippen LogP contribution in [0.25, 0.3) is 22.5 Å². The number of hydrogen-bond acceptors (Lipinski definition) is 3. The van der Waals surface area contributed by atoms with Crippen LogP contribution in [0, 0.1) is 0 Å². The van der Waals surface area contributed by atoms with Crippen molar-refractivity contribution in [2.75, 3.05) is 0 Å². The van der Waals surface area contributed by atoms with Crippen LogP contribution in [0.3, 0.4) is 0 Å². The molecule has 0 aliphatic carbocycles. The van der Waals surface area contributed by atoms with Gasteiger partial charge in [0.15, 0.2) is 0 Å². The summed E-state index contributed by atoms with van der Waals surface area (Å²) >= 11 is 0. The average molecular weight is 331 g/mol. The fourth-order valence-corrected chi connectivity index (χ4v) is 2.83. The molecule has 0 atom stereocenters. The highest BCUT2D eigenvalue weighted by atomic mass is 16.2. The molecule has 0 bridgehead atoms. The van der Waals surface area contributed by atoms with E-state index in [1.807, 2.05) is 59.3 Å². The number of nitrogens with zero attached hydrogens (tertiary/aromatic N) is 1. The van der Waals surface area contributed by atoms with Crippen molar-refractivity contribution in [3.8, 4) is 5.69 Å². The van der Waals surface area contributed by atoms with Crippen LogP contribution in [0.2, 0.25) is 0 Å². The second-order valence-electron chi connectivity index (χ2n) is 5.63. The number of amides is 4. The summed E-state index contributed by atoms with van der Waals surface area (Å²) in [7, 11) is 0. The molecule has 4 rings (SSSR count). The molecule has 2 N–H and O–H groups in total. The van der Waals surface area contributed by atoms with Crippen molar-refractivity contribution in [3.05, 3.63) is 72.1 Å². The third kappa shape index (κ3) is 2.70. The van der Waals surface area contributed by atoms with Crippen LogP contribution in [0.5, 0.6) is 0 Å². The highest BCUT2D eigenvalue weighted by Gasteiger charge is 2.27. The van der Waals surface area contributed by atoms with E-state index in [-0.39, 0.29) is 5.57 Å². The summed E-state index contributed by atoms with van der Waals surface area (Å²) in [6.07, 6.45) is 3.31. The van der Waals surface area contributed by atoms with Crippen molar-refractivity contribution < 1.29 is 14.4 Å². The first kappa shape index (κ1) is 14.9. The highest BCUT2D eigenvalue weighted by molar-refractivity contribution is 6.31. The molecular weight excluding hydrogens is 318 g/mol. The van der Waals surface area contributed by atoms with Gasteiger partial charge in [0.05, 0.1) is 0 Å². The van der Waals surface area contributed by atoms with Crippen LogP contribution in [-0.4, -0.2) is 22.4 Å². The number of benzene rings is 2. The Labute approximate surface area is 142 Å². The van der Waals surface area contributed by atoms with Gasteiger partial charge in [-0.05, 0) is 41.1 Å². The van der Waals surface area contributed by atoms with Crippen LogP contribution >= 0.6 is 0 Å². The number of urea groups is 1. The van der Waals surface area contributed by atoms with Crippen molar-refractivity contribution in [1.82, 2.24) is 15.2 Å². The molecule has 122 valence electrons. The van der Waals surface area contributed by atoms with Gasteiger partial charge in [-0.3, -0.25) is 20.2 Å². The van der Waals surface area contributed by atoms with E-state index in [4.69, 9.17) is 0 Å². The third-order valence-electron chi connectivity index (χ3n) is 4.03. The lowest BCUT2D eigenvalue weighted by Gasteiger charge is -2.14. The number of fused-ring (bicyclic) bond motifs is 1. The Kier molecular flexibility index (Phi) is 3.43. The molecule has 6 nitrogen and oxygen atoms in total. The molecule has 3 aromatic rings. The van der Waals surface area contributed by atoms with Crippen LogP contribution < -0.4 is 10.6 Å². The molecule has 4 amide bonds. The van der Waals surface area contributed by atoms with Gasteiger partial charge in [0.25, 0.3) is 11.8 Å². The summed E-state index contributed by atoms with van der Waals surface area (Å²) in [5.74, 6) is -1.42. The van der Waals surface area contributed by atoms with E-state index in [2.05, 4.69) is 10.6 Å². The van der Waals surface area contributed by atoms with E-state index in [9.17, 15) is 14.4 Å². The van der Waals surface area contributed by atoms with E-state index in [1.165, 1.54) is 6.08 Å². The van der Waals surface area contributed by atoms with Crippen molar-refractivity contribution in [1.29, 1.82) is 0 Å². The zero-order valence-electron chi connectivity index (χ0n) is 13.0. The van der Waals surface area contributed by atoms with E-state index in [0.717, 1.165) is 16.5 Å². The van der Waals surface area contributed by atoms with Crippen molar-refractivity contribution in [2.24, 2.45) is 0 Å². The quantitative estimate of drug-likeness (QED) is 0.559. The van der Waals surface area contributed by atoms with Crippen molar-refractivity contribution in [3.63, 3.8) is 0 Å². The molecule has 1 fully saturated rings. The Hall–Kier alpha value is -3.67. The Morgan fingerprint density at radius 3 is 2.28 bits per heavy atom. The standard InChI is InChI=1S/C19H13N3O3/c23-17-16(18(24)21-19(25)20-17)11-14-6-3-9-22(14)15-8-7-12-4-1-2-5-13(12)10-15/h1-11H,(H2,20,21,23,24,25). The lowest BCUT2D eigenvalue weighted by Crippen LogP contribution is -2.51. The molecule has 1 aliphatic rings. The first-order chi connectivity index (χ1) is 12.1. The Morgan fingerprint density at radius 1 is 0.800 bits per heavy atom. The second-order valence-corrected chi connectivity index (χ2v) is 5.63. The van der Waals surface area contributed by atoms with E-state index < -0.39 is 17.8 Å². The zero-order valence-corrected chi connectivity index (χ0v) is 13.0. The predicted molar refractivity (Wildman–Crippen MR) is 92.9 cm³/mol. The Balaban J connectivity index is 1.77. The minimum atomic E-state index is -0.808. The van der Waals surface area contributed by atoms with E-state index >= 15 is 0 Å². The van der Waals surface area contributed by atoms with Gasteiger partial charge in [0.2, 0.25) is 0 Å². The SMILES string of the molecule is O=C1NC(=O)C(=Cc2cccn2-c2ccc3ccccc3c2)C(=O)N1. The van der Waals surface area contributed by atoms with Gasteiger partial charge < -0.3 is 4.57 Å². The first-order valence-corrected chi connectivity index (χ1v) is 7.67. The van der Waals surface area contributed by atoms with Gasteiger partial charge in [0.1, 0.15) is 5.57 Å². The number of nitrogens with one attached hydrogen (secondary N) is 2. The normalized spacial score (nSPS) is 14.4. The largest absolute Gasteiger partial charge is 0.328 e. The summed E-state index contributed by atoms with van der Waals surface area (Å²) in [5.41, 5.74) is 1.45. The second kappa shape index (κ2) is 5.76. The smallest absolute Gasteiger partial charge is 0.317 e. The van der Waals surface area contributed by atoms with Crippen LogP contribution in [0.1, 0.15) is 5.69 Å². The molecule has 0 saturated carbocycles. The maximum Gasteiger partial charge on any atom is 0.328 e. The van der Waals surface area contributed by atoms with Crippen molar-refractivity contribution >= 4 is 34.7 Å². The molecular formula is C19H13N3O3.